The van der Waals surface area contributed by atoms with Gasteiger partial charge in [0.2, 0.25) is 0 Å². The van der Waals surface area contributed by atoms with E-state index in [0.29, 0.717) is 18.5 Å². The largest absolute Gasteiger partial charge is 0.508 e. The maximum Gasteiger partial charge on any atom is 0.251 e. The average Bonchev–Trinajstić information content (AvgIpc) is 2.19. The van der Waals surface area contributed by atoms with Gasteiger partial charge < -0.3 is 10.4 Å². The van der Waals surface area contributed by atoms with Crippen molar-refractivity contribution in [3.8, 4) is 11.8 Å². The van der Waals surface area contributed by atoms with Crippen molar-refractivity contribution in [2.24, 2.45) is 0 Å². The molecule has 0 bridgehead atoms. The Labute approximate surface area is 81.8 Å². The van der Waals surface area contributed by atoms with Gasteiger partial charge in [-0.2, -0.15) is 5.26 Å². The summed E-state index contributed by atoms with van der Waals surface area (Å²) in [4.78, 5) is 11.3. The molecule has 0 aliphatic rings. The lowest BCUT2D eigenvalue weighted by Gasteiger charge is -2.02. The fraction of sp³-hybridized carbons (Fsp3) is 0.200. The standard InChI is InChI=1S/C10H10N2O2/c11-6-1-7-12-10(14)8-2-4-9(13)5-3-8/h2-5,13H,1,7H2,(H,12,14). The Bertz CT molecular complexity index is 351. The van der Waals surface area contributed by atoms with Crippen LogP contribution in [-0.4, -0.2) is 17.6 Å². The normalized spacial score (nSPS) is 9.07. The lowest BCUT2D eigenvalue weighted by molar-refractivity contribution is 0.0954. The van der Waals surface area contributed by atoms with Crippen molar-refractivity contribution >= 4 is 5.91 Å². The molecule has 0 unspecified atom stereocenters. The molecule has 72 valence electrons. The fourth-order valence-electron chi connectivity index (χ4n) is 0.947. The molecule has 0 aliphatic heterocycles. The van der Waals surface area contributed by atoms with Gasteiger partial charge in [-0.05, 0) is 24.3 Å². The van der Waals surface area contributed by atoms with E-state index in [1.54, 1.807) is 0 Å². The van der Waals surface area contributed by atoms with Crippen molar-refractivity contribution in [3.63, 3.8) is 0 Å². The lowest BCUT2D eigenvalue weighted by atomic mass is 10.2. The molecule has 0 saturated heterocycles. The minimum atomic E-state index is -0.236. The van der Waals surface area contributed by atoms with E-state index in [1.165, 1.54) is 24.3 Å². The Morgan fingerprint density at radius 3 is 2.64 bits per heavy atom. The molecule has 1 amide bonds. The first-order valence-electron chi connectivity index (χ1n) is 4.18. The third-order valence-electron chi connectivity index (χ3n) is 1.65. The molecule has 0 radical (unpaired) electrons. The number of phenolic OH excluding ortho intramolecular Hbond substituents is 1. The van der Waals surface area contributed by atoms with Crippen LogP contribution in [0.2, 0.25) is 0 Å². The van der Waals surface area contributed by atoms with Gasteiger partial charge in [0.15, 0.2) is 0 Å². The predicted octanol–water partition coefficient (Wildman–Crippen LogP) is 1.04. The smallest absolute Gasteiger partial charge is 0.251 e. The number of nitrogens with zero attached hydrogens (tertiary/aromatic N) is 1. The van der Waals surface area contributed by atoms with Crippen LogP contribution in [-0.2, 0) is 0 Å². The predicted molar refractivity (Wildman–Crippen MR) is 50.7 cm³/mol. The number of nitriles is 1. The molecule has 4 nitrogen and oxygen atoms in total. The van der Waals surface area contributed by atoms with E-state index in [4.69, 9.17) is 10.4 Å². The quantitative estimate of drug-likeness (QED) is 0.699. The van der Waals surface area contributed by atoms with Gasteiger partial charge in [-0.3, -0.25) is 4.79 Å². The number of carbonyl (C=O) groups is 1. The van der Waals surface area contributed by atoms with Crippen molar-refractivity contribution in [1.82, 2.24) is 5.32 Å². The molecular formula is C10H10N2O2. The Kier molecular flexibility index (Phi) is 3.50. The van der Waals surface area contributed by atoms with Crippen molar-refractivity contribution in [1.29, 1.82) is 5.26 Å². The van der Waals surface area contributed by atoms with Gasteiger partial charge in [0, 0.05) is 12.1 Å². The third kappa shape index (κ3) is 2.79. The highest BCUT2D eigenvalue weighted by Crippen LogP contribution is 2.09. The monoisotopic (exact) mass is 190 g/mol. The Morgan fingerprint density at radius 1 is 1.43 bits per heavy atom. The Morgan fingerprint density at radius 2 is 2.07 bits per heavy atom. The van der Waals surface area contributed by atoms with Crippen molar-refractivity contribution in [2.45, 2.75) is 6.42 Å². The van der Waals surface area contributed by atoms with E-state index < -0.39 is 0 Å². The number of carbonyl (C=O) groups excluding carboxylic acids is 1. The lowest BCUT2D eigenvalue weighted by Crippen LogP contribution is -2.23. The Balaban J connectivity index is 2.53. The van der Waals surface area contributed by atoms with Gasteiger partial charge in [-0.1, -0.05) is 0 Å². The third-order valence-corrected chi connectivity index (χ3v) is 1.65. The van der Waals surface area contributed by atoms with Crippen LogP contribution in [0.25, 0.3) is 0 Å². The summed E-state index contributed by atoms with van der Waals surface area (Å²) in [6, 6.07) is 7.87. The molecule has 0 aromatic heterocycles. The van der Waals surface area contributed by atoms with Crippen molar-refractivity contribution in [2.75, 3.05) is 6.54 Å². The summed E-state index contributed by atoms with van der Waals surface area (Å²) < 4.78 is 0. The van der Waals surface area contributed by atoms with Crippen LogP contribution in [0.15, 0.2) is 24.3 Å². The zero-order valence-corrected chi connectivity index (χ0v) is 7.53. The summed E-state index contributed by atoms with van der Waals surface area (Å²) >= 11 is 0. The number of hydrogen-bond acceptors (Lipinski definition) is 3. The van der Waals surface area contributed by atoms with Crippen molar-refractivity contribution in [3.05, 3.63) is 29.8 Å². The SMILES string of the molecule is N#CCCNC(=O)c1ccc(O)cc1. The summed E-state index contributed by atoms with van der Waals surface area (Å²) in [7, 11) is 0. The van der Waals surface area contributed by atoms with E-state index in [1.807, 2.05) is 6.07 Å². The van der Waals surface area contributed by atoms with E-state index >= 15 is 0 Å². The van der Waals surface area contributed by atoms with E-state index in [2.05, 4.69) is 5.32 Å². The van der Waals surface area contributed by atoms with Gasteiger partial charge in [-0.15, -0.1) is 0 Å². The first-order chi connectivity index (χ1) is 6.74. The molecule has 0 fully saturated rings. The van der Waals surface area contributed by atoms with Crippen LogP contribution >= 0.6 is 0 Å². The van der Waals surface area contributed by atoms with Gasteiger partial charge in [0.1, 0.15) is 5.75 Å². The highest BCUT2D eigenvalue weighted by Gasteiger charge is 2.03. The molecule has 2 N–H and O–H groups in total. The van der Waals surface area contributed by atoms with Gasteiger partial charge in [-0.25, -0.2) is 0 Å². The molecule has 4 heteroatoms. The molecule has 0 heterocycles. The second-order valence-electron chi connectivity index (χ2n) is 2.71. The summed E-state index contributed by atoms with van der Waals surface area (Å²) in [5.74, 6) is -0.112. The summed E-state index contributed by atoms with van der Waals surface area (Å²) in [5, 5.41) is 19.8. The molecule has 0 atom stereocenters. The number of aromatic hydroxyl groups is 1. The molecule has 14 heavy (non-hydrogen) atoms. The van der Waals surface area contributed by atoms with Crippen molar-refractivity contribution < 1.29 is 9.90 Å². The van der Waals surface area contributed by atoms with Crippen LogP contribution in [0.5, 0.6) is 5.75 Å². The Hall–Kier alpha value is -2.02. The number of rotatable bonds is 3. The second-order valence-corrected chi connectivity index (χ2v) is 2.71. The highest BCUT2D eigenvalue weighted by atomic mass is 16.3. The number of amides is 1. The molecule has 0 saturated carbocycles. The summed E-state index contributed by atoms with van der Waals surface area (Å²) in [6.07, 6.45) is 0.295. The summed E-state index contributed by atoms with van der Waals surface area (Å²) in [6.45, 7) is 0.343. The molecule has 1 aromatic carbocycles. The number of hydrogen-bond donors (Lipinski definition) is 2. The van der Waals surface area contributed by atoms with Crippen LogP contribution < -0.4 is 5.32 Å². The maximum absolute atomic E-state index is 11.3. The van der Waals surface area contributed by atoms with E-state index in [-0.39, 0.29) is 11.7 Å². The van der Waals surface area contributed by atoms with Crippen LogP contribution in [0.3, 0.4) is 0 Å². The summed E-state index contributed by atoms with van der Waals surface area (Å²) in [5.41, 5.74) is 0.473. The molecule has 1 rings (SSSR count). The first-order valence-corrected chi connectivity index (χ1v) is 4.18. The van der Waals surface area contributed by atoms with Crippen LogP contribution in [0.4, 0.5) is 0 Å². The van der Waals surface area contributed by atoms with E-state index in [0.717, 1.165) is 0 Å². The molecule has 0 aliphatic carbocycles. The fourth-order valence-corrected chi connectivity index (χ4v) is 0.947. The van der Waals surface area contributed by atoms with Gasteiger partial charge in [0.05, 0.1) is 12.5 Å². The average molecular weight is 190 g/mol. The molecular weight excluding hydrogens is 180 g/mol. The zero-order valence-electron chi connectivity index (χ0n) is 7.53. The number of nitrogens with one attached hydrogen (secondary N) is 1. The molecule has 0 spiro atoms. The zero-order chi connectivity index (χ0) is 10.4. The minimum Gasteiger partial charge on any atom is -0.508 e. The van der Waals surface area contributed by atoms with Gasteiger partial charge >= 0.3 is 0 Å². The number of benzene rings is 1. The number of phenols is 1. The molecule has 1 aromatic rings. The minimum absolute atomic E-state index is 0.124. The maximum atomic E-state index is 11.3. The van der Waals surface area contributed by atoms with Crippen LogP contribution in [0.1, 0.15) is 16.8 Å². The highest BCUT2D eigenvalue weighted by molar-refractivity contribution is 5.94. The van der Waals surface area contributed by atoms with Crippen LogP contribution in [0, 0.1) is 11.3 Å². The topological polar surface area (TPSA) is 73.1 Å². The first kappa shape index (κ1) is 10.1. The van der Waals surface area contributed by atoms with E-state index in [9.17, 15) is 4.79 Å². The van der Waals surface area contributed by atoms with Gasteiger partial charge in [0.25, 0.3) is 5.91 Å². The second kappa shape index (κ2) is 4.87.